The number of carbonyl (C=O) groups is 2. The molecule has 1 aliphatic carbocycles. The lowest BCUT2D eigenvalue weighted by Gasteiger charge is -2.45. The van der Waals surface area contributed by atoms with Gasteiger partial charge in [0.25, 0.3) is 16.6 Å². The van der Waals surface area contributed by atoms with Crippen LogP contribution in [0.25, 0.3) is 0 Å². The monoisotopic (exact) mass is 961 g/mol. The van der Waals surface area contributed by atoms with E-state index in [1.807, 2.05) is 12.2 Å². The van der Waals surface area contributed by atoms with Gasteiger partial charge in [0.2, 0.25) is 11.8 Å². The molecule has 3 heterocycles. The first kappa shape index (κ1) is 50.3. The third kappa shape index (κ3) is 9.61. The molecule has 0 N–H and O–H groups in total. The number of furan rings is 1. The van der Waals surface area contributed by atoms with Crippen LogP contribution in [0.2, 0.25) is 10.1 Å². The smallest absolute Gasteiger partial charge is 0.261 e. The summed E-state index contributed by atoms with van der Waals surface area (Å²) in [7, 11) is -5.33. The number of unbranched alkanes of at least 4 members (excludes halogenated alkanes) is 2. The molecule has 4 atom stereocenters. The minimum Gasteiger partial charge on any atom is -0.464 e. The Balaban J connectivity index is 0.979. The van der Waals surface area contributed by atoms with Crippen molar-refractivity contribution in [3.8, 4) is 0 Å². The summed E-state index contributed by atoms with van der Waals surface area (Å²) in [6, 6.07) is 45.0. The molecule has 0 unspecified atom stereocenters. The van der Waals surface area contributed by atoms with Gasteiger partial charge < -0.3 is 23.1 Å². The molecule has 9 heteroatoms. The molecule has 0 bridgehead atoms. The number of amides is 2. The fraction of sp³-hybridized carbons (Fsp3) is 0.433. The van der Waals surface area contributed by atoms with E-state index in [0.29, 0.717) is 39.1 Å². The van der Waals surface area contributed by atoms with E-state index in [0.717, 1.165) is 62.9 Å². The molecule has 8 rings (SSSR count). The Bertz CT molecular complexity index is 2440. The lowest BCUT2D eigenvalue weighted by molar-refractivity contribution is -0.138. The van der Waals surface area contributed by atoms with Crippen LogP contribution in [0, 0.1) is 5.41 Å². The molecule has 2 fully saturated rings. The summed E-state index contributed by atoms with van der Waals surface area (Å²) in [6.07, 6.45) is 11.0. The Kier molecular flexibility index (Phi) is 15.4. The van der Waals surface area contributed by atoms with Gasteiger partial charge >= 0.3 is 0 Å². The van der Waals surface area contributed by atoms with Gasteiger partial charge in [-0.3, -0.25) is 9.59 Å². The number of nitrogens with zero attached hydrogens (tertiary/aromatic N) is 2. The maximum atomic E-state index is 14.4. The Labute approximate surface area is 415 Å². The first-order chi connectivity index (χ1) is 33.2. The second-order valence-corrected chi connectivity index (χ2v) is 30.5. The van der Waals surface area contributed by atoms with Gasteiger partial charge in [-0.15, -0.1) is 13.2 Å². The van der Waals surface area contributed by atoms with Crippen LogP contribution in [0.5, 0.6) is 0 Å². The largest absolute Gasteiger partial charge is 0.464 e. The maximum absolute atomic E-state index is 14.4. The molecule has 4 aromatic carbocycles. The summed E-state index contributed by atoms with van der Waals surface area (Å²) in [6.45, 7) is 24.5. The van der Waals surface area contributed by atoms with Crippen molar-refractivity contribution in [2.24, 2.45) is 5.41 Å². The number of hydrogen-bond donors (Lipinski definition) is 0. The number of aryl methyl sites for hydroxylation is 1. The van der Waals surface area contributed by atoms with E-state index in [-0.39, 0.29) is 45.3 Å². The summed E-state index contributed by atoms with van der Waals surface area (Å²) in [5, 5.41) is 4.88. The van der Waals surface area contributed by atoms with Crippen molar-refractivity contribution in [2.75, 3.05) is 26.3 Å². The number of carbonyl (C=O) groups excluding carboxylic acids is 2. The van der Waals surface area contributed by atoms with E-state index in [1.54, 1.807) is 0 Å². The Morgan fingerprint density at radius 3 is 1.67 bits per heavy atom. The molecular weight excluding hydrogens is 885 g/mol. The lowest BCUT2D eigenvalue weighted by atomic mass is 9.68. The van der Waals surface area contributed by atoms with Gasteiger partial charge in [-0.1, -0.05) is 175 Å². The average Bonchev–Trinajstić information content (AvgIpc) is 3.98. The van der Waals surface area contributed by atoms with Gasteiger partial charge in [0, 0.05) is 51.0 Å². The average molecular weight is 961 g/mol. The fourth-order valence-electron chi connectivity index (χ4n) is 12.6. The molecular formula is C60H76N2O5Si2. The number of fused-ring (bicyclic) bond motifs is 3. The summed E-state index contributed by atoms with van der Waals surface area (Å²) in [5.74, 6) is 2.35. The number of rotatable bonds is 20. The van der Waals surface area contributed by atoms with Gasteiger partial charge in [-0.05, 0) is 93.3 Å². The first-order valence-electron chi connectivity index (χ1n) is 25.7. The van der Waals surface area contributed by atoms with Crippen molar-refractivity contribution in [3.05, 3.63) is 170 Å². The van der Waals surface area contributed by atoms with E-state index in [1.165, 1.54) is 26.3 Å². The Morgan fingerprint density at radius 2 is 1.19 bits per heavy atom. The zero-order chi connectivity index (χ0) is 48.9. The van der Waals surface area contributed by atoms with Gasteiger partial charge in [0.05, 0.1) is 12.1 Å². The zero-order valence-electron chi connectivity index (χ0n) is 42.3. The number of benzene rings is 4. The molecule has 3 aliphatic rings. The highest BCUT2D eigenvalue weighted by molar-refractivity contribution is 7.00. The second-order valence-electron chi connectivity index (χ2n) is 21.9. The van der Waals surface area contributed by atoms with Crippen molar-refractivity contribution in [2.45, 2.75) is 134 Å². The SMILES string of the molecule is C=CCCCC(=O)N1[C@H](C=C)C[C@@]23CN(C(=O)CCCCO[Si](c4ccccc4)(c4ccccc4)C(C)(C)C)CC[C@@H]2c2cc(CCCO[Si](c4ccccc4)(c4ccccc4)C(C)(C)C)oc2[C@@H]13. The molecule has 2 aliphatic heterocycles. The van der Waals surface area contributed by atoms with Gasteiger partial charge in [0.1, 0.15) is 11.5 Å². The molecule has 364 valence electrons. The third-order valence-corrected chi connectivity index (χ3v) is 25.7. The van der Waals surface area contributed by atoms with E-state index in [2.05, 4.69) is 192 Å². The molecule has 1 aromatic heterocycles. The van der Waals surface area contributed by atoms with Crippen LogP contribution in [0.4, 0.5) is 0 Å². The lowest BCUT2D eigenvalue weighted by Crippen LogP contribution is -2.66. The predicted octanol–water partition coefficient (Wildman–Crippen LogP) is 11.0. The van der Waals surface area contributed by atoms with Crippen LogP contribution in [0.15, 0.2) is 157 Å². The van der Waals surface area contributed by atoms with Crippen molar-refractivity contribution < 1.29 is 22.9 Å². The van der Waals surface area contributed by atoms with Crippen LogP contribution >= 0.6 is 0 Å². The maximum Gasteiger partial charge on any atom is 0.261 e. The number of likely N-dealkylation sites (tertiary alicyclic amines) is 2. The molecule has 1 spiro atoms. The van der Waals surface area contributed by atoms with Crippen LogP contribution in [-0.2, 0) is 24.9 Å². The van der Waals surface area contributed by atoms with E-state index < -0.39 is 16.6 Å². The van der Waals surface area contributed by atoms with Gasteiger partial charge in [-0.2, -0.15) is 0 Å². The highest BCUT2D eigenvalue weighted by Gasteiger charge is 2.66. The molecule has 2 saturated heterocycles. The predicted molar refractivity (Wildman–Crippen MR) is 287 cm³/mol. The summed E-state index contributed by atoms with van der Waals surface area (Å²) in [5.41, 5.74) is 0.883. The van der Waals surface area contributed by atoms with Gasteiger partial charge in [0.15, 0.2) is 0 Å². The number of piperidine rings is 1. The fourth-order valence-corrected chi connectivity index (χ4v) is 21.8. The highest BCUT2D eigenvalue weighted by Crippen LogP contribution is 2.67. The molecule has 69 heavy (non-hydrogen) atoms. The molecule has 0 radical (unpaired) electrons. The van der Waals surface area contributed by atoms with Crippen molar-refractivity contribution in [3.63, 3.8) is 0 Å². The summed E-state index contributed by atoms with van der Waals surface area (Å²) in [4.78, 5) is 32.9. The molecule has 7 nitrogen and oxygen atoms in total. The van der Waals surface area contributed by atoms with Gasteiger partial charge in [-0.25, -0.2) is 0 Å². The van der Waals surface area contributed by atoms with Crippen molar-refractivity contribution >= 4 is 49.2 Å². The first-order valence-corrected chi connectivity index (χ1v) is 29.5. The molecule has 5 aromatic rings. The summed E-state index contributed by atoms with van der Waals surface area (Å²) < 4.78 is 21.4. The van der Waals surface area contributed by atoms with Crippen molar-refractivity contribution in [1.29, 1.82) is 0 Å². The third-order valence-electron chi connectivity index (χ3n) is 15.6. The number of allylic oxidation sites excluding steroid dienone is 1. The summed E-state index contributed by atoms with van der Waals surface area (Å²) >= 11 is 0. The van der Waals surface area contributed by atoms with Crippen LogP contribution in [-0.4, -0.2) is 70.6 Å². The topological polar surface area (TPSA) is 72.2 Å². The highest BCUT2D eigenvalue weighted by atomic mass is 28.4. The standard InChI is InChI=1S/C60H76N2O5Si2/c1-9-11-16-38-55(64)62-46(10-2)44-60-45-61(54(63)37-25-26-41-65-68(58(3,4)5,48-29-17-12-18-30-48)49-31-19-13-20-32-49)40-39-53(60)52-43-47(67-56(52)57(60)62)28-27-42-66-69(59(6,7)8,50-33-21-14-22-34-50)51-35-23-15-24-36-51/h9-10,12-15,17-24,29-36,43,46,53,57H,1-2,11,16,25-28,37-42,44-45H2,3-8H3/t46-,53-,57-,60-/m1/s1. The quantitative estimate of drug-likeness (QED) is 0.0441. The van der Waals surface area contributed by atoms with Crippen LogP contribution < -0.4 is 20.7 Å². The molecule has 2 amide bonds. The normalized spacial score (nSPS) is 20.3. The second kappa shape index (κ2) is 21.1. The molecule has 0 saturated carbocycles. The van der Waals surface area contributed by atoms with Crippen LogP contribution in [0.3, 0.4) is 0 Å². The zero-order valence-corrected chi connectivity index (χ0v) is 44.3. The van der Waals surface area contributed by atoms with Crippen molar-refractivity contribution in [1.82, 2.24) is 9.80 Å². The van der Waals surface area contributed by atoms with Crippen LogP contribution in [0.1, 0.15) is 128 Å². The minimum absolute atomic E-state index is 0.104. The Hall–Kier alpha value is -5.07. The Morgan fingerprint density at radius 1 is 0.696 bits per heavy atom. The number of hydrogen-bond acceptors (Lipinski definition) is 5. The van der Waals surface area contributed by atoms with E-state index in [9.17, 15) is 9.59 Å². The van der Waals surface area contributed by atoms with E-state index in [4.69, 9.17) is 13.3 Å². The van der Waals surface area contributed by atoms with E-state index >= 15 is 0 Å². The minimum atomic E-state index is -2.68.